The van der Waals surface area contributed by atoms with E-state index in [1.165, 1.54) is 72.0 Å². The number of anilines is 3. The number of benzene rings is 8. The molecule has 0 unspecified atom stereocenters. The topological polar surface area (TPSA) is 8.17 Å². The molecule has 0 spiro atoms. The molecule has 2 heteroatoms. The summed E-state index contributed by atoms with van der Waals surface area (Å²) in [6.45, 7) is 9.67. The highest BCUT2D eigenvalue weighted by molar-refractivity contribution is 6.12. The van der Waals surface area contributed by atoms with Crippen LogP contribution in [0.25, 0.3) is 60.9 Å². The van der Waals surface area contributed by atoms with E-state index in [9.17, 15) is 0 Å². The van der Waals surface area contributed by atoms with Gasteiger partial charge in [-0.1, -0.05) is 161 Å². The Labute approximate surface area is 336 Å². The van der Waals surface area contributed by atoms with Gasteiger partial charge in [-0.3, -0.25) is 0 Å². The van der Waals surface area contributed by atoms with Crippen LogP contribution in [0, 0.1) is 0 Å². The summed E-state index contributed by atoms with van der Waals surface area (Å²) in [4.78, 5) is 2.35. The van der Waals surface area contributed by atoms with Gasteiger partial charge in [0.05, 0.1) is 11.0 Å². The summed E-state index contributed by atoms with van der Waals surface area (Å²) in [7, 11) is 0. The quantitative estimate of drug-likeness (QED) is 0.158. The average molecular weight is 735 g/mol. The molecule has 0 bridgehead atoms. The van der Waals surface area contributed by atoms with Crippen LogP contribution in [0.2, 0.25) is 0 Å². The third-order valence-corrected chi connectivity index (χ3v) is 12.2. The second kappa shape index (κ2) is 13.5. The van der Waals surface area contributed by atoms with Crippen molar-refractivity contribution in [2.45, 2.75) is 44.9 Å². The number of rotatable bonds is 7. The Hall–Kier alpha value is -6.64. The molecule has 57 heavy (non-hydrogen) atoms. The van der Waals surface area contributed by atoms with E-state index in [0.29, 0.717) is 0 Å². The van der Waals surface area contributed by atoms with E-state index in [1.54, 1.807) is 0 Å². The van der Waals surface area contributed by atoms with Crippen molar-refractivity contribution >= 4 is 38.9 Å². The Morgan fingerprint density at radius 2 is 0.842 bits per heavy atom. The maximum absolute atomic E-state index is 2.52. The molecule has 0 fully saturated rings. The predicted octanol–water partition coefficient (Wildman–Crippen LogP) is 15.2. The van der Waals surface area contributed by atoms with Crippen LogP contribution in [0.15, 0.2) is 194 Å². The number of fused-ring (bicyclic) bond motifs is 5. The molecule has 1 aliphatic carbocycles. The molecule has 0 amide bonds. The summed E-state index contributed by atoms with van der Waals surface area (Å²) in [6.07, 6.45) is 1.13. The van der Waals surface area contributed by atoms with E-state index in [4.69, 9.17) is 0 Å². The van der Waals surface area contributed by atoms with Crippen LogP contribution >= 0.6 is 0 Å². The zero-order chi connectivity index (χ0) is 38.7. The van der Waals surface area contributed by atoms with Crippen molar-refractivity contribution in [2.24, 2.45) is 0 Å². The largest absolute Gasteiger partial charge is 0.311 e. The van der Waals surface area contributed by atoms with Gasteiger partial charge >= 0.3 is 0 Å². The molecule has 1 aromatic heterocycles. The van der Waals surface area contributed by atoms with E-state index in [0.717, 1.165) is 23.5 Å². The van der Waals surface area contributed by atoms with Crippen LogP contribution < -0.4 is 4.90 Å². The second-order valence-corrected chi connectivity index (χ2v) is 16.9. The molecule has 0 saturated carbocycles. The summed E-state index contributed by atoms with van der Waals surface area (Å²) in [6, 6.07) is 70.8. The van der Waals surface area contributed by atoms with Crippen molar-refractivity contribution < 1.29 is 0 Å². The lowest BCUT2D eigenvalue weighted by molar-refractivity contribution is 0.404. The zero-order valence-electron chi connectivity index (χ0n) is 33.1. The Balaban J connectivity index is 1.07. The second-order valence-electron chi connectivity index (χ2n) is 16.9. The summed E-state index contributed by atoms with van der Waals surface area (Å²) in [5.74, 6) is 0. The lowest BCUT2D eigenvalue weighted by Gasteiger charge is -2.26. The van der Waals surface area contributed by atoms with Crippen molar-refractivity contribution in [3.8, 4) is 39.1 Å². The third kappa shape index (κ3) is 6.04. The van der Waals surface area contributed by atoms with E-state index < -0.39 is 0 Å². The van der Waals surface area contributed by atoms with Crippen LogP contribution in [0.1, 0.15) is 45.2 Å². The monoisotopic (exact) mass is 734 g/mol. The molecule has 1 heterocycles. The summed E-state index contributed by atoms with van der Waals surface area (Å²) >= 11 is 0. The van der Waals surface area contributed by atoms with Gasteiger partial charge in [0.1, 0.15) is 0 Å². The first-order valence-corrected chi connectivity index (χ1v) is 20.1. The van der Waals surface area contributed by atoms with Crippen LogP contribution in [0.5, 0.6) is 0 Å². The van der Waals surface area contributed by atoms with Gasteiger partial charge in [-0.05, 0) is 122 Å². The minimum atomic E-state index is 0.0630. The van der Waals surface area contributed by atoms with Gasteiger partial charge in [0, 0.05) is 33.5 Å². The van der Waals surface area contributed by atoms with Crippen molar-refractivity contribution in [1.29, 1.82) is 0 Å². The molecule has 8 aromatic carbocycles. The highest BCUT2D eigenvalue weighted by Gasteiger charge is 2.44. The first kappa shape index (κ1) is 34.8. The highest BCUT2D eigenvalue weighted by Crippen LogP contribution is 2.53. The van der Waals surface area contributed by atoms with Crippen LogP contribution in [-0.2, 0) is 10.8 Å². The molecule has 9 aromatic rings. The van der Waals surface area contributed by atoms with E-state index in [1.807, 2.05) is 0 Å². The number of hydrogen-bond donors (Lipinski definition) is 0. The van der Waals surface area contributed by atoms with Crippen molar-refractivity contribution in [2.75, 3.05) is 4.90 Å². The van der Waals surface area contributed by atoms with E-state index in [-0.39, 0.29) is 10.8 Å². The first-order valence-electron chi connectivity index (χ1n) is 20.1. The molecule has 10 rings (SSSR count). The van der Waals surface area contributed by atoms with Gasteiger partial charge in [-0.15, -0.1) is 0 Å². The van der Waals surface area contributed by atoms with E-state index in [2.05, 4.69) is 231 Å². The minimum Gasteiger partial charge on any atom is -0.311 e. The minimum absolute atomic E-state index is 0.0630. The standard InChI is InChI=1S/C55H46N2/c1-54(2)37-55(3,4)52-50(54)34-33-48-49-36-43(26-35-51(49)57(53(48)52)44-18-12-7-13-19-44)42-24-31-47(32-25-42)56(45-27-20-40(21-28-45)38-14-8-5-9-15-38)46-29-22-41(23-30-46)39-16-10-6-11-17-39/h5-36H,37H2,1-4H3. The smallest absolute Gasteiger partial charge is 0.0581 e. The SMILES string of the molecule is CC1(C)CC(C)(C)c2c1ccc1c3cc(-c4ccc(N(c5ccc(-c6ccccc6)cc5)c5ccc(-c6ccccc6)cc5)cc4)ccc3n(-c3ccccc3)c21. The molecule has 0 radical (unpaired) electrons. The molecule has 1 aliphatic rings. The van der Waals surface area contributed by atoms with Gasteiger partial charge < -0.3 is 9.47 Å². The highest BCUT2D eigenvalue weighted by atomic mass is 15.1. The molecule has 2 nitrogen and oxygen atoms in total. The molecule has 0 N–H and O–H groups in total. The Morgan fingerprint density at radius 3 is 1.35 bits per heavy atom. The summed E-state index contributed by atoms with van der Waals surface area (Å²) in [5.41, 5.74) is 17.5. The van der Waals surface area contributed by atoms with Gasteiger partial charge in [-0.25, -0.2) is 0 Å². The molecular weight excluding hydrogens is 689 g/mol. The fourth-order valence-electron chi connectivity index (χ4n) is 9.79. The fourth-order valence-corrected chi connectivity index (χ4v) is 9.79. The summed E-state index contributed by atoms with van der Waals surface area (Å²) in [5, 5.41) is 2.61. The van der Waals surface area contributed by atoms with Gasteiger partial charge in [0.15, 0.2) is 0 Å². The molecule has 0 saturated heterocycles. The van der Waals surface area contributed by atoms with Gasteiger partial charge in [-0.2, -0.15) is 0 Å². The Morgan fingerprint density at radius 1 is 0.404 bits per heavy atom. The third-order valence-electron chi connectivity index (χ3n) is 12.2. The van der Waals surface area contributed by atoms with Gasteiger partial charge in [0.25, 0.3) is 0 Å². The van der Waals surface area contributed by atoms with Crippen LogP contribution in [-0.4, -0.2) is 4.57 Å². The zero-order valence-corrected chi connectivity index (χ0v) is 33.1. The average Bonchev–Trinajstić information content (AvgIpc) is 3.68. The lowest BCUT2D eigenvalue weighted by atomic mass is 9.81. The molecule has 0 atom stereocenters. The normalized spacial score (nSPS) is 14.2. The fraction of sp³-hybridized carbons (Fsp3) is 0.127. The number of hydrogen-bond acceptors (Lipinski definition) is 1. The number of aromatic nitrogens is 1. The maximum atomic E-state index is 2.52. The molecule has 0 aliphatic heterocycles. The van der Waals surface area contributed by atoms with Crippen molar-refractivity contribution in [3.63, 3.8) is 0 Å². The summed E-state index contributed by atoms with van der Waals surface area (Å²) < 4.78 is 2.52. The number of para-hydroxylation sites is 1. The first-order chi connectivity index (χ1) is 27.7. The number of nitrogens with zero attached hydrogens (tertiary/aromatic N) is 2. The van der Waals surface area contributed by atoms with Gasteiger partial charge in [0.2, 0.25) is 0 Å². The molecular formula is C55H46N2. The van der Waals surface area contributed by atoms with Crippen molar-refractivity contribution in [1.82, 2.24) is 4.57 Å². The molecule has 276 valence electrons. The lowest BCUT2D eigenvalue weighted by Crippen LogP contribution is -2.18. The maximum Gasteiger partial charge on any atom is 0.0581 e. The van der Waals surface area contributed by atoms with Crippen LogP contribution in [0.4, 0.5) is 17.1 Å². The van der Waals surface area contributed by atoms with Crippen LogP contribution in [0.3, 0.4) is 0 Å². The predicted molar refractivity (Wildman–Crippen MR) is 242 cm³/mol. The van der Waals surface area contributed by atoms with Crippen molar-refractivity contribution in [3.05, 3.63) is 205 Å². The Kier molecular flexibility index (Phi) is 8.27. The van der Waals surface area contributed by atoms with E-state index >= 15 is 0 Å². The Bertz CT molecular complexity index is 2780.